The van der Waals surface area contributed by atoms with Gasteiger partial charge in [-0.2, -0.15) is 13.2 Å². The van der Waals surface area contributed by atoms with Crippen LogP contribution < -0.4 is 10.1 Å². The van der Waals surface area contributed by atoms with E-state index >= 15 is 0 Å². The lowest BCUT2D eigenvalue weighted by atomic mass is 10.1. The van der Waals surface area contributed by atoms with Crippen molar-refractivity contribution in [1.82, 2.24) is 5.32 Å². The minimum Gasteiger partial charge on any atom is -0.490 e. The summed E-state index contributed by atoms with van der Waals surface area (Å²) < 4.78 is 41.4. The summed E-state index contributed by atoms with van der Waals surface area (Å²) in [4.78, 5) is 0. The molecule has 0 bridgehead atoms. The van der Waals surface area contributed by atoms with E-state index in [0.717, 1.165) is 10.8 Å². The number of alkyl halides is 3. The van der Waals surface area contributed by atoms with Gasteiger partial charge in [0.05, 0.1) is 6.54 Å². The fourth-order valence-corrected chi connectivity index (χ4v) is 1.95. The van der Waals surface area contributed by atoms with E-state index in [1.165, 1.54) is 0 Å². The third-order valence-electron chi connectivity index (χ3n) is 2.89. The van der Waals surface area contributed by atoms with E-state index in [9.17, 15) is 18.3 Å². The first-order valence-corrected chi connectivity index (χ1v) is 6.52. The van der Waals surface area contributed by atoms with Gasteiger partial charge in [-0.05, 0) is 11.5 Å². The maximum Gasteiger partial charge on any atom is 0.401 e. The van der Waals surface area contributed by atoms with Gasteiger partial charge in [0.15, 0.2) is 0 Å². The average molecular weight is 299 g/mol. The summed E-state index contributed by atoms with van der Waals surface area (Å²) >= 11 is 0. The Labute approximate surface area is 120 Å². The molecule has 3 nitrogen and oxygen atoms in total. The smallest absolute Gasteiger partial charge is 0.401 e. The van der Waals surface area contributed by atoms with E-state index in [2.05, 4.69) is 5.32 Å². The van der Waals surface area contributed by atoms with Crippen molar-refractivity contribution >= 4 is 10.8 Å². The Morgan fingerprint density at radius 2 is 1.81 bits per heavy atom. The predicted octanol–water partition coefficient (Wildman–Crippen LogP) is 2.73. The Hall–Kier alpha value is -1.79. The molecule has 2 aromatic carbocycles. The van der Waals surface area contributed by atoms with Gasteiger partial charge in [0, 0.05) is 11.9 Å². The highest BCUT2D eigenvalue weighted by Gasteiger charge is 2.26. The van der Waals surface area contributed by atoms with Crippen molar-refractivity contribution in [2.45, 2.75) is 12.3 Å². The van der Waals surface area contributed by atoms with Crippen LogP contribution in [0, 0.1) is 0 Å². The van der Waals surface area contributed by atoms with Gasteiger partial charge in [-0.3, -0.25) is 0 Å². The third kappa shape index (κ3) is 4.91. The second kappa shape index (κ2) is 6.78. The van der Waals surface area contributed by atoms with Crippen LogP contribution in [-0.2, 0) is 0 Å². The molecule has 2 aromatic rings. The number of nitrogens with one attached hydrogen (secondary N) is 1. The van der Waals surface area contributed by atoms with E-state index < -0.39 is 18.8 Å². The zero-order valence-electron chi connectivity index (χ0n) is 11.2. The van der Waals surface area contributed by atoms with Crippen LogP contribution in [0.4, 0.5) is 13.2 Å². The van der Waals surface area contributed by atoms with Crippen LogP contribution in [-0.4, -0.2) is 37.1 Å². The molecular formula is C15H16F3NO2. The fraction of sp³-hybridized carbons (Fsp3) is 0.333. The Kier molecular flexibility index (Phi) is 5.03. The average Bonchev–Trinajstić information content (AvgIpc) is 2.43. The van der Waals surface area contributed by atoms with E-state index in [-0.39, 0.29) is 13.2 Å². The maximum atomic E-state index is 12.0. The molecule has 0 heterocycles. The molecule has 1 atom stereocenters. The van der Waals surface area contributed by atoms with Gasteiger partial charge in [0.25, 0.3) is 0 Å². The molecule has 0 radical (unpaired) electrons. The van der Waals surface area contributed by atoms with E-state index in [1.807, 2.05) is 36.4 Å². The van der Waals surface area contributed by atoms with Gasteiger partial charge in [-0.1, -0.05) is 36.4 Å². The Balaban J connectivity index is 1.87. The molecule has 6 heteroatoms. The standard InChI is InChI=1S/C15H16F3NO2/c16-15(17,18)10-19-8-12(20)9-21-14-7-3-5-11-4-1-2-6-13(11)14/h1-7,12,19-20H,8-10H2. The van der Waals surface area contributed by atoms with Gasteiger partial charge in [0.2, 0.25) is 0 Å². The normalized spacial score (nSPS) is 13.3. The highest BCUT2D eigenvalue weighted by molar-refractivity contribution is 5.88. The number of hydrogen-bond acceptors (Lipinski definition) is 3. The first-order valence-electron chi connectivity index (χ1n) is 6.52. The maximum absolute atomic E-state index is 12.0. The van der Waals surface area contributed by atoms with Crippen molar-refractivity contribution in [3.05, 3.63) is 42.5 Å². The monoisotopic (exact) mass is 299 g/mol. The summed E-state index contributed by atoms with van der Waals surface area (Å²) in [5.41, 5.74) is 0. The van der Waals surface area contributed by atoms with Crippen LogP contribution in [0.25, 0.3) is 10.8 Å². The summed E-state index contributed by atoms with van der Waals surface area (Å²) in [7, 11) is 0. The Morgan fingerprint density at radius 1 is 1.10 bits per heavy atom. The lowest BCUT2D eigenvalue weighted by molar-refractivity contribution is -0.125. The molecule has 114 valence electrons. The zero-order chi connectivity index (χ0) is 15.3. The van der Waals surface area contributed by atoms with Gasteiger partial charge in [0.1, 0.15) is 18.5 Å². The van der Waals surface area contributed by atoms with Crippen molar-refractivity contribution in [1.29, 1.82) is 0 Å². The van der Waals surface area contributed by atoms with Crippen LogP contribution >= 0.6 is 0 Å². The minimum absolute atomic E-state index is 0.0706. The van der Waals surface area contributed by atoms with E-state index in [0.29, 0.717) is 5.75 Å². The molecule has 0 aromatic heterocycles. The molecule has 0 saturated carbocycles. The van der Waals surface area contributed by atoms with Crippen LogP contribution in [0.2, 0.25) is 0 Å². The van der Waals surface area contributed by atoms with Crippen molar-refractivity contribution in [2.75, 3.05) is 19.7 Å². The quantitative estimate of drug-likeness (QED) is 0.862. The van der Waals surface area contributed by atoms with Crippen molar-refractivity contribution in [3.8, 4) is 5.75 Å². The molecule has 0 aliphatic carbocycles. The Morgan fingerprint density at radius 3 is 2.57 bits per heavy atom. The summed E-state index contributed by atoms with van der Waals surface area (Å²) in [6.45, 7) is -1.37. The van der Waals surface area contributed by atoms with Crippen molar-refractivity contribution < 1.29 is 23.0 Å². The molecule has 0 aliphatic heterocycles. The molecule has 0 saturated heterocycles. The first-order chi connectivity index (χ1) is 9.96. The van der Waals surface area contributed by atoms with Crippen molar-refractivity contribution in [2.24, 2.45) is 0 Å². The van der Waals surface area contributed by atoms with Gasteiger partial charge in [-0.15, -0.1) is 0 Å². The Bertz CT molecular complexity index is 581. The SMILES string of the molecule is OC(CNCC(F)(F)F)COc1cccc2ccccc12. The fourth-order valence-electron chi connectivity index (χ4n) is 1.95. The second-order valence-corrected chi connectivity index (χ2v) is 4.69. The number of benzene rings is 2. The molecule has 2 rings (SSSR count). The summed E-state index contributed by atoms with van der Waals surface area (Å²) in [6.07, 6.45) is -5.29. The summed E-state index contributed by atoms with van der Waals surface area (Å²) in [5, 5.41) is 13.7. The van der Waals surface area contributed by atoms with E-state index in [1.54, 1.807) is 6.07 Å². The van der Waals surface area contributed by atoms with Crippen LogP contribution in [0.1, 0.15) is 0 Å². The third-order valence-corrected chi connectivity index (χ3v) is 2.89. The number of aliphatic hydroxyl groups is 1. The number of aliphatic hydroxyl groups excluding tert-OH is 1. The lowest BCUT2D eigenvalue weighted by Crippen LogP contribution is -2.37. The van der Waals surface area contributed by atoms with Gasteiger partial charge < -0.3 is 15.2 Å². The van der Waals surface area contributed by atoms with Crippen LogP contribution in [0.15, 0.2) is 42.5 Å². The highest BCUT2D eigenvalue weighted by Crippen LogP contribution is 2.25. The molecule has 2 N–H and O–H groups in total. The van der Waals surface area contributed by atoms with E-state index in [4.69, 9.17) is 4.74 Å². The number of ether oxygens (including phenoxy) is 1. The van der Waals surface area contributed by atoms with Gasteiger partial charge >= 0.3 is 6.18 Å². The minimum atomic E-state index is -4.28. The molecule has 21 heavy (non-hydrogen) atoms. The summed E-state index contributed by atoms with van der Waals surface area (Å²) in [5.74, 6) is 0.600. The summed E-state index contributed by atoms with van der Waals surface area (Å²) in [6, 6.07) is 13.1. The number of rotatable bonds is 6. The van der Waals surface area contributed by atoms with Gasteiger partial charge in [-0.25, -0.2) is 0 Å². The second-order valence-electron chi connectivity index (χ2n) is 4.69. The lowest BCUT2D eigenvalue weighted by Gasteiger charge is -2.15. The molecule has 0 spiro atoms. The van der Waals surface area contributed by atoms with Crippen LogP contribution in [0.3, 0.4) is 0 Å². The molecule has 1 unspecified atom stereocenters. The first kappa shape index (κ1) is 15.6. The molecule has 0 aliphatic rings. The predicted molar refractivity (Wildman–Crippen MR) is 74.4 cm³/mol. The van der Waals surface area contributed by atoms with Crippen LogP contribution in [0.5, 0.6) is 5.75 Å². The number of halogens is 3. The van der Waals surface area contributed by atoms with Crippen molar-refractivity contribution in [3.63, 3.8) is 0 Å². The highest BCUT2D eigenvalue weighted by atomic mass is 19.4. The largest absolute Gasteiger partial charge is 0.490 e. The molecular weight excluding hydrogens is 283 g/mol. The number of hydrogen-bond donors (Lipinski definition) is 2. The number of fused-ring (bicyclic) bond motifs is 1. The molecule has 0 fully saturated rings. The molecule has 0 amide bonds. The topological polar surface area (TPSA) is 41.5 Å². The zero-order valence-corrected chi connectivity index (χ0v) is 11.2.